The Kier molecular flexibility index (Phi) is 5.59. The molecule has 0 aliphatic carbocycles. The molecule has 2 atom stereocenters. The van der Waals surface area contributed by atoms with Crippen molar-refractivity contribution >= 4 is 29.3 Å². The summed E-state index contributed by atoms with van der Waals surface area (Å²) < 4.78 is 5.22. The van der Waals surface area contributed by atoms with Gasteiger partial charge in [-0.2, -0.15) is 10.1 Å². The Hall–Kier alpha value is -3.48. The van der Waals surface area contributed by atoms with E-state index < -0.39 is 29.4 Å². The Morgan fingerprint density at radius 1 is 1.06 bits per heavy atom. The second-order valence-electron chi connectivity index (χ2n) is 7.65. The summed E-state index contributed by atoms with van der Waals surface area (Å²) in [6.45, 7) is 3.78. The molecule has 1 saturated heterocycles. The number of para-hydroxylation sites is 1. The molecule has 0 N–H and O–H groups in total. The first-order valence-corrected chi connectivity index (χ1v) is 10.6. The number of carbonyl (C=O) groups is 3. The summed E-state index contributed by atoms with van der Waals surface area (Å²) in [5, 5.41) is 6.02. The maximum absolute atomic E-state index is 14.1. The van der Waals surface area contributed by atoms with Crippen LogP contribution < -0.4 is 5.01 Å². The van der Waals surface area contributed by atoms with Crippen LogP contribution in [0.3, 0.4) is 0 Å². The molecule has 3 amide bonds. The van der Waals surface area contributed by atoms with Crippen molar-refractivity contribution in [3.05, 3.63) is 66.2 Å². The third-order valence-electron chi connectivity index (χ3n) is 5.83. The Morgan fingerprint density at radius 2 is 1.71 bits per heavy atom. The van der Waals surface area contributed by atoms with Gasteiger partial charge in [-0.05, 0) is 25.5 Å². The lowest BCUT2D eigenvalue weighted by Gasteiger charge is -2.36. The summed E-state index contributed by atoms with van der Waals surface area (Å²) >= 11 is 0. The van der Waals surface area contributed by atoms with E-state index in [-0.39, 0.29) is 13.0 Å². The molecule has 1 fully saturated rings. The van der Waals surface area contributed by atoms with E-state index in [1.54, 1.807) is 19.1 Å². The van der Waals surface area contributed by atoms with Crippen molar-refractivity contribution in [1.29, 1.82) is 0 Å². The van der Waals surface area contributed by atoms with Crippen LogP contribution in [-0.2, 0) is 14.3 Å². The SMILES string of the molecule is CCC[C@@H]1CC(=O)N(C(=O)OCC)[C@]12C(=O)N(c1ccccc1)N=C2c1ccccc1. The molecule has 2 aromatic carbocycles. The zero-order valence-corrected chi connectivity index (χ0v) is 17.7. The highest BCUT2D eigenvalue weighted by atomic mass is 16.6. The molecule has 2 aliphatic rings. The van der Waals surface area contributed by atoms with E-state index in [0.29, 0.717) is 23.4 Å². The molecular weight excluding hydrogens is 394 g/mol. The fourth-order valence-corrected chi connectivity index (χ4v) is 4.59. The van der Waals surface area contributed by atoms with E-state index in [1.807, 2.05) is 55.5 Å². The smallest absolute Gasteiger partial charge is 0.417 e. The van der Waals surface area contributed by atoms with Crippen LogP contribution in [0.15, 0.2) is 65.8 Å². The van der Waals surface area contributed by atoms with Crippen molar-refractivity contribution < 1.29 is 19.1 Å². The van der Waals surface area contributed by atoms with Gasteiger partial charge in [0.25, 0.3) is 5.91 Å². The van der Waals surface area contributed by atoms with Gasteiger partial charge in [0.2, 0.25) is 5.91 Å². The summed E-state index contributed by atoms with van der Waals surface area (Å²) in [6.07, 6.45) is 0.643. The van der Waals surface area contributed by atoms with Gasteiger partial charge in [-0.1, -0.05) is 61.9 Å². The van der Waals surface area contributed by atoms with Crippen LogP contribution in [0.1, 0.15) is 38.7 Å². The Bertz CT molecular complexity index is 1020. The Labute approximate surface area is 181 Å². The number of anilines is 1. The lowest BCUT2D eigenvalue weighted by atomic mass is 9.75. The molecule has 31 heavy (non-hydrogen) atoms. The first-order chi connectivity index (χ1) is 15.1. The van der Waals surface area contributed by atoms with Crippen LogP contribution in [0.2, 0.25) is 0 Å². The van der Waals surface area contributed by atoms with Crippen molar-refractivity contribution in [3.63, 3.8) is 0 Å². The van der Waals surface area contributed by atoms with Gasteiger partial charge < -0.3 is 4.74 Å². The monoisotopic (exact) mass is 419 g/mol. The standard InChI is InChI=1S/C24H25N3O4/c1-3-11-18-16-20(28)26(23(30)31-4-2)24(18)21(17-12-7-5-8-13-17)25-27(22(24)29)19-14-9-6-10-15-19/h5-10,12-15,18H,3-4,11,16H2,1-2H3/t18-,24-/m1/s1. The topological polar surface area (TPSA) is 79.3 Å². The van der Waals surface area contributed by atoms with Crippen LogP contribution in [0.5, 0.6) is 0 Å². The summed E-state index contributed by atoms with van der Waals surface area (Å²) in [7, 11) is 0. The van der Waals surface area contributed by atoms with Gasteiger partial charge >= 0.3 is 6.09 Å². The quantitative estimate of drug-likeness (QED) is 0.734. The lowest BCUT2D eigenvalue weighted by molar-refractivity contribution is -0.134. The number of hydrogen-bond donors (Lipinski definition) is 0. The number of hydrogen-bond acceptors (Lipinski definition) is 5. The summed E-state index contributed by atoms with van der Waals surface area (Å²) in [6, 6.07) is 18.3. The molecule has 0 aromatic heterocycles. The molecule has 4 rings (SSSR count). The minimum atomic E-state index is -1.53. The molecule has 0 unspecified atom stereocenters. The van der Waals surface area contributed by atoms with Gasteiger partial charge in [0.15, 0.2) is 5.54 Å². The zero-order valence-electron chi connectivity index (χ0n) is 17.7. The third kappa shape index (κ3) is 3.21. The van der Waals surface area contributed by atoms with E-state index in [4.69, 9.17) is 9.84 Å². The zero-order chi connectivity index (χ0) is 22.0. The molecule has 2 aromatic rings. The molecule has 160 valence electrons. The van der Waals surface area contributed by atoms with E-state index >= 15 is 0 Å². The lowest BCUT2D eigenvalue weighted by Crippen LogP contribution is -2.62. The number of likely N-dealkylation sites (tertiary alicyclic amines) is 1. The van der Waals surface area contributed by atoms with E-state index in [9.17, 15) is 14.4 Å². The van der Waals surface area contributed by atoms with Crippen LogP contribution >= 0.6 is 0 Å². The number of benzene rings is 2. The average Bonchev–Trinajstić information content (AvgIpc) is 3.24. The van der Waals surface area contributed by atoms with Crippen LogP contribution in [-0.4, -0.2) is 40.7 Å². The van der Waals surface area contributed by atoms with E-state index in [1.165, 1.54) is 5.01 Å². The molecule has 0 radical (unpaired) electrons. The van der Waals surface area contributed by atoms with Crippen LogP contribution in [0.4, 0.5) is 10.5 Å². The second-order valence-corrected chi connectivity index (χ2v) is 7.65. The van der Waals surface area contributed by atoms with E-state index in [0.717, 1.165) is 11.3 Å². The van der Waals surface area contributed by atoms with Crippen molar-refractivity contribution in [1.82, 2.24) is 4.90 Å². The number of amides is 3. The molecule has 0 bridgehead atoms. The van der Waals surface area contributed by atoms with Crippen LogP contribution in [0, 0.1) is 5.92 Å². The molecular formula is C24H25N3O4. The first-order valence-electron chi connectivity index (χ1n) is 10.6. The normalized spacial score (nSPS) is 22.9. The number of rotatable bonds is 5. The van der Waals surface area contributed by atoms with Gasteiger partial charge in [0.1, 0.15) is 5.71 Å². The number of carbonyl (C=O) groups excluding carboxylic acids is 3. The van der Waals surface area contributed by atoms with Gasteiger partial charge in [-0.15, -0.1) is 0 Å². The molecule has 7 heteroatoms. The Morgan fingerprint density at radius 3 is 2.32 bits per heavy atom. The minimum absolute atomic E-state index is 0.0902. The number of imide groups is 1. The molecule has 7 nitrogen and oxygen atoms in total. The van der Waals surface area contributed by atoms with Crippen molar-refractivity contribution in [2.45, 2.75) is 38.6 Å². The van der Waals surface area contributed by atoms with Crippen LogP contribution in [0.25, 0.3) is 0 Å². The fraction of sp³-hybridized carbons (Fsp3) is 0.333. The molecule has 1 spiro atoms. The fourth-order valence-electron chi connectivity index (χ4n) is 4.59. The van der Waals surface area contributed by atoms with Gasteiger partial charge in [0, 0.05) is 17.9 Å². The largest absolute Gasteiger partial charge is 0.449 e. The minimum Gasteiger partial charge on any atom is -0.449 e. The van der Waals surface area contributed by atoms with E-state index in [2.05, 4.69) is 0 Å². The van der Waals surface area contributed by atoms with Gasteiger partial charge in [0.05, 0.1) is 12.3 Å². The third-order valence-corrected chi connectivity index (χ3v) is 5.83. The molecule has 2 heterocycles. The first kappa shape index (κ1) is 20.8. The highest BCUT2D eigenvalue weighted by molar-refractivity contribution is 6.32. The molecule has 0 saturated carbocycles. The van der Waals surface area contributed by atoms with Crippen molar-refractivity contribution in [2.24, 2.45) is 11.0 Å². The highest BCUT2D eigenvalue weighted by Gasteiger charge is 2.67. The summed E-state index contributed by atoms with van der Waals surface area (Å²) in [4.78, 5) is 41.2. The number of nitrogens with zero attached hydrogens (tertiary/aromatic N) is 3. The maximum atomic E-state index is 14.1. The van der Waals surface area contributed by atoms with Crippen molar-refractivity contribution in [3.8, 4) is 0 Å². The number of hydrazone groups is 1. The molecule has 2 aliphatic heterocycles. The number of ether oxygens (including phenoxy) is 1. The van der Waals surface area contributed by atoms with Gasteiger partial charge in [-0.25, -0.2) is 9.69 Å². The maximum Gasteiger partial charge on any atom is 0.417 e. The predicted octanol–water partition coefficient (Wildman–Crippen LogP) is 3.98. The summed E-state index contributed by atoms with van der Waals surface area (Å²) in [5.74, 6) is -1.21. The second kappa shape index (κ2) is 8.34. The Balaban J connectivity index is 1.96. The predicted molar refractivity (Wildman–Crippen MR) is 117 cm³/mol. The van der Waals surface area contributed by atoms with Gasteiger partial charge in [-0.3, -0.25) is 9.59 Å². The highest BCUT2D eigenvalue weighted by Crippen LogP contribution is 2.47. The van der Waals surface area contributed by atoms with Crippen molar-refractivity contribution in [2.75, 3.05) is 11.6 Å². The summed E-state index contributed by atoms with van der Waals surface area (Å²) in [5.41, 5.74) is 0.145. The average molecular weight is 419 g/mol.